The number of aromatic nitrogens is 3. The molecule has 4 aromatic carbocycles. The molecule has 0 saturated carbocycles. The Balaban J connectivity index is 1.37. The Labute approximate surface area is 210 Å². The van der Waals surface area contributed by atoms with Crippen molar-refractivity contribution in [3.63, 3.8) is 0 Å². The van der Waals surface area contributed by atoms with Crippen LogP contribution in [-0.4, -0.2) is 26.5 Å². The Morgan fingerprint density at radius 1 is 0.639 bits per heavy atom. The molecule has 174 valence electrons. The highest BCUT2D eigenvalue weighted by Crippen LogP contribution is 2.28. The van der Waals surface area contributed by atoms with Gasteiger partial charge in [0.25, 0.3) is 0 Å². The first-order valence-corrected chi connectivity index (χ1v) is 12.1. The molecule has 0 radical (unpaired) electrons. The number of nitrogens with zero attached hydrogens (tertiary/aromatic N) is 5. The number of anilines is 1. The minimum atomic E-state index is 0.0590. The Hall–Kier alpha value is -4.77. The van der Waals surface area contributed by atoms with Crippen molar-refractivity contribution >= 4 is 17.5 Å². The lowest BCUT2D eigenvalue weighted by Gasteiger charge is -2.20. The van der Waals surface area contributed by atoms with Gasteiger partial charge in [-0.25, -0.2) is 9.67 Å². The largest absolute Gasteiger partial charge is 0.258 e. The van der Waals surface area contributed by atoms with E-state index < -0.39 is 0 Å². The molecule has 5 heteroatoms. The van der Waals surface area contributed by atoms with Gasteiger partial charge in [-0.15, -0.1) is 5.10 Å². The molecule has 1 aromatic heterocycles. The molecule has 0 aliphatic carbocycles. The lowest BCUT2D eigenvalue weighted by atomic mass is 10.0. The van der Waals surface area contributed by atoms with Gasteiger partial charge >= 0.3 is 0 Å². The monoisotopic (exact) mass is 467 g/mol. The average Bonchev–Trinajstić information content (AvgIpc) is 3.59. The Bertz CT molecular complexity index is 1490. The van der Waals surface area contributed by atoms with Gasteiger partial charge in [0.05, 0.1) is 23.1 Å². The molecule has 1 aliphatic rings. The molecule has 1 unspecified atom stereocenters. The van der Waals surface area contributed by atoms with Crippen molar-refractivity contribution in [2.75, 3.05) is 5.01 Å². The van der Waals surface area contributed by atoms with E-state index in [-0.39, 0.29) is 6.04 Å². The predicted octanol–water partition coefficient (Wildman–Crippen LogP) is 6.63. The molecule has 1 atom stereocenters. The van der Waals surface area contributed by atoms with Gasteiger partial charge in [0.2, 0.25) is 0 Å². The average molecular weight is 468 g/mol. The van der Waals surface area contributed by atoms with E-state index in [4.69, 9.17) is 15.2 Å². The van der Waals surface area contributed by atoms with Crippen molar-refractivity contribution in [2.45, 2.75) is 12.5 Å². The molecular formula is C31H25N5. The fourth-order valence-corrected chi connectivity index (χ4v) is 4.41. The van der Waals surface area contributed by atoms with Gasteiger partial charge in [-0.1, -0.05) is 103 Å². The fraction of sp³-hybridized carbons (Fsp3) is 0.0645. The standard InChI is InChI=1S/C31H25N5/c1-5-13-24(14-6-1)29-23-28(35(33-29)26-17-9-3-10-18-26)21-22-30-32-31(25-15-7-2-8-16-25)34-36(30)27-19-11-4-12-20-27/h1-22,28H,23H2. The smallest absolute Gasteiger partial charge is 0.182 e. The molecule has 6 rings (SSSR count). The summed E-state index contributed by atoms with van der Waals surface area (Å²) in [5.41, 5.74) is 5.24. The van der Waals surface area contributed by atoms with Gasteiger partial charge in [-0.3, -0.25) is 5.01 Å². The highest BCUT2D eigenvalue weighted by Gasteiger charge is 2.26. The summed E-state index contributed by atoms with van der Waals surface area (Å²) >= 11 is 0. The first-order valence-electron chi connectivity index (χ1n) is 12.1. The second kappa shape index (κ2) is 9.84. The number of rotatable bonds is 6. The molecule has 2 heterocycles. The quantitative estimate of drug-likeness (QED) is 0.282. The van der Waals surface area contributed by atoms with E-state index in [9.17, 15) is 0 Å². The summed E-state index contributed by atoms with van der Waals surface area (Å²) in [5, 5.41) is 12.0. The number of para-hydroxylation sites is 2. The van der Waals surface area contributed by atoms with Crippen molar-refractivity contribution in [3.8, 4) is 17.1 Å². The second-order valence-electron chi connectivity index (χ2n) is 8.63. The van der Waals surface area contributed by atoms with E-state index in [2.05, 4.69) is 53.6 Å². The van der Waals surface area contributed by atoms with Crippen LogP contribution in [-0.2, 0) is 0 Å². The van der Waals surface area contributed by atoms with Crippen LogP contribution >= 0.6 is 0 Å². The third-order valence-corrected chi connectivity index (χ3v) is 6.21. The molecule has 0 spiro atoms. The summed E-state index contributed by atoms with van der Waals surface area (Å²) in [5.74, 6) is 1.48. The molecule has 0 amide bonds. The van der Waals surface area contributed by atoms with Crippen LogP contribution in [0.2, 0.25) is 0 Å². The van der Waals surface area contributed by atoms with Gasteiger partial charge in [0.1, 0.15) is 0 Å². The van der Waals surface area contributed by atoms with Gasteiger partial charge in [-0.05, 0) is 35.9 Å². The lowest BCUT2D eigenvalue weighted by molar-refractivity contribution is 0.789. The summed E-state index contributed by atoms with van der Waals surface area (Å²) in [4.78, 5) is 4.90. The second-order valence-corrected chi connectivity index (χ2v) is 8.63. The predicted molar refractivity (Wildman–Crippen MR) is 146 cm³/mol. The van der Waals surface area contributed by atoms with Gasteiger partial charge in [0, 0.05) is 12.0 Å². The zero-order valence-electron chi connectivity index (χ0n) is 19.7. The van der Waals surface area contributed by atoms with E-state index in [1.165, 1.54) is 0 Å². The third kappa shape index (κ3) is 4.46. The maximum atomic E-state index is 5.01. The molecule has 5 nitrogen and oxygen atoms in total. The van der Waals surface area contributed by atoms with Crippen LogP contribution in [0.5, 0.6) is 0 Å². The summed E-state index contributed by atoms with van der Waals surface area (Å²) in [6.07, 6.45) is 5.06. The van der Waals surface area contributed by atoms with E-state index in [0.29, 0.717) is 5.82 Å². The molecule has 5 aromatic rings. The topological polar surface area (TPSA) is 46.3 Å². The molecule has 0 bridgehead atoms. The normalized spacial score (nSPS) is 15.4. The Morgan fingerprint density at radius 2 is 1.19 bits per heavy atom. The molecule has 0 saturated heterocycles. The zero-order chi connectivity index (χ0) is 24.2. The van der Waals surface area contributed by atoms with Crippen molar-refractivity contribution in [2.24, 2.45) is 5.10 Å². The minimum Gasteiger partial charge on any atom is -0.258 e. The van der Waals surface area contributed by atoms with E-state index >= 15 is 0 Å². The van der Waals surface area contributed by atoms with E-state index in [1.807, 2.05) is 89.6 Å². The first-order chi connectivity index (χ1) is 17.8. The van der Waals surface area contributed by atoms with Gasteiger partial charge < -0.3 is 0 Å². The van der Waals surface area contributed by atoms with Crippen LogP contribution in [0, 0.1) is 0 Å². The molecule has 0 N–H and O–H groups in total. The number of hydrogen-bond acceptors (Lipinski definition) is 4. The maximum absolute atomic E-state index is 5.01. The van der Waals surface area contributed by atoms with E-state index in [1.54, 1.807) is 0 Å². The van der Waals surface area contributed by atoms with Crippen LogP contribution in [0.25, 0.3) is 23.2 Å². The minimum absolute atomic E-state index is 0.0590. The number of hydrazone groups is 1. The first kappa shape index (κ1) is 21.7. The summed E-state index contributed by atoms with van der Waals surface area (Å²) in [6, 6.07) is 41.0. The van der Waals surface area contributed by atoms with Crippen LogP contribution < -0.4 is 5.01 Å². The van der Waals surface area contributed by atoms with Crippen LogP contribution in [0.3, 0.4) is 0 Å². The van der Waals surface area contributed by atoms with E-state index in [0.717, 1.165) is 40.5 Å². The lowest BCUT2D eigenvalue weighted by Crippen LogP contribution is -2.24. The van der Waals surface area contributed by atoms with Gasteiger partial charge in [-0.2, -0.15) is 5.10 Å². The number of benzene rings is 4. The SMILES string of the molecule is C(=CC1CC(c2ccccc2)=NN1c1ccccc1)c1nc(-c2ccccc2)nn1-c1ccccc1. The number of hydrogen-bond donors (Lipinski definition) is 0. The van der Waals surface area contributed by atoms with Crippen molar-refractivity contribution in [3.05, 3.63) is 139 Å². The van der Waals surface area contributed by atoms with Crippen LogP contribution in [0.1, 0.15) is 17.8 Å². The molecular weight excluding hydrogens is 442 g/mol. The van der Waals surface area contributed by atoms with Crippen molar-refractivity contribution in [1.82, 2.24) is 14.8 Å². The Morgan fingerprint density at radius 3 is 1.83 bits per heavy atom. The van der Waals surface area contributed by atoms with Crippen LogP contribution in [0.4, 0.5) is 5.69 Å². The highest BCUT2D eigenvalue weighted by atomic mass is 15.5. The molecule has 36 heavy (non-hydrogen) atoms. The molecule has 0 fully saturated rings. The summed E-state index contributed by atoms with van der Waals surface area (Å²) < 4.78 is 1.90. The zero-order valence-corrected chi connectivity index (χ0v) is 19.7. The Kier molecular flexibility index (Phi) is 5.94. The highest BCUT2D eigenvalue weighted by molar-refractivity contribution is 6.03. The van der Waals surface area contributed by atoms with Gasteiger partial charge in [0.15, 0.2) is 11.6 Å². The molecule has 1 aliphatic heterocycles. The van der Waals surface area contributed by atoms with Crippen molar-refractivity contribution in [1.29, 1.82) is 0 Å². The van der Waals surface area contributed by atoms with Crippen LogP contribution in [0.15, 0.2) is 133 Å². The summed E-state index contributed by atoms with van der Waals surface area (Å²) in [7, 11) is 0. The summed E-state index contributed by atoms with van der Waals surface area (Å²) in [6.45, 7) is 0. The fourth-order valence-electron chi connectivity index (χ4n) is 4.41. The third-order valence-electron chi connectivity index (χ3n) is 6.21. The van der Waals surface area contributed by atoms with Crippen molar-refractivity contribution < 1.29 is 0 Å². The maximum Gasteiger partial charge on any atom is 0.182 e.